The van der Waals surface area contributed by atoms with Crippen LogP contribution in [0.4, 0.5) is 20.6 Å². The molecule has 1 fully saturated rings. The first kappa shape index (κ1) is 28.6. The van der Waals surface area contributed by atoms with Crippen molar-refractivity contribution in [3.8, 4) is 21.7 Å². The molecule has 9 nitrogen and oxygen atoms in total. The standard InChI is InChI=1S/C34H28FN5O4S/c1-19-7-5-9-24(35)29(19)37-32(41)28-17-21-15-16-39(27-12-4-3-8-22(27)31(21)45-28)33(42)26-11-6-10-25(36-26)23-18-40(34(43)44-2)38-30(23)20-13-14-20/h3-12,17-18,20H,13-16H2,1-2H3,(H,37,41). The van der Waals surface area contributed by atoms with Gasteiger partial charge in [0.15, 0.2) is 0 Å². The van der Waals surface area contributed by atoms with Crippen molar-refractivity contribution >= 4 is 40.6 Å². The van der Waals surface area contributed by atoms with Crippen molar-refractivity contribution in [2.75, 3.05) is 23.9 Å². The van der Waals surface area contributed by atoms with Crippen molar-refractivity contribution in [3.63, 3.8) is 0 Å². The molecule has 11 heteroatoms. The largest absolute Gasteiger partial charge is 0.451 e. The lowest BCUT2D eigenvalue weighted by molar-refractivity contribution is 0.0981. The number of amides is 2. The molecular weight excluding hydrogens is 593 g/mol. The van der Waals surface area contributed by atoms with Crippen LogP contribution in [-0.4, -0.2) is 46.3 Å². The van der Waals surface area contributed by atoms with E-state index in [9.17, 15) is 18.8 Å². The molecule has 5 aromatic rings. The zero-order valence-electron chi connectivity index (χ0n) is 24.5. The van der Waals surface area contributed by atoms with Gasteiger partial charge in [-0.25, -0.2) is 14.2 Å². The summed E-state index contributed by atoms with van der Waals surface area (Å²) in [7, 11) is 1.30. The first-order chi connectivity index (χ1) is 21.8. The highest BCUT2D eigenvalue weighted by atomic mass is 32.1. The molecule has 0 saturated heterocycles. The van der Waals surface area contributed by atoms with E-state index in [1.54, 1.807) is 42.3 Å². The Balaban J connectivity index is 1.19. The molecule has 1 saturated carbocycles. The molecule has 1 N–H and O–H groups in total. The summed E-state index contributed by atoms with van der Waals surface area (Å²) < 4.78 is 20.4. The van der Waals surface area contributed by atoms with Gasteiger partial charge < -0.3 is 15.0 Å². The lowest BCUT2D eigenvalue weighted by Crippen LogP contribution is -2.33. The van der Waals surface area contributed by atoms with E-state index in [-0.39, 0.29) is 29.1 Å². The highest BCUT2D eigenvalue weighted by Crippen LogP contribution is 2.44. The van der Waals surface area contributed by atoms with Gasteiger partial charge in [0.25, 0.3) is 11.8 Å². The lowest BCUT2D eigenvalue weighted by Gasteiger charge is -2.23. The maximum Gasteiger partial charge on any atom is 0.434 e. The van der Waals surface area contributed by atoms with Crippen LogP contribution in [0.25, 0.3) is 21.7 Å². The Hall–Kier alpha value is -5.16. The molecule has 0 unspecified atom stereocenters. The number of benzene rings is 2. The van der Waals surface area contributed by atoms with Crippen LogP contribution < -0.4 is 10.2 Å². The number of thiophene rings is 1. The number of hydrogen-bond acceptors (Lipinski definition) is 7. The molecule has 0 atom stereocenters. The average molecular weight is 622 g/mol. The zero-order chi connectivity index (χ0) is 31.2. The second-order valence-corrected chi connectivity index (χ2v) is 12.2. The number of fused-ring (bicyclic) bond motifs is 3. The summed E-state index contributed by atoms with van der Waals surface area (Å²) in [5, 5.41) is 7.18. The molecule has 2 amide bonds. The van der Waals surface area contributed by atoms with Crippen LogP contribution in [0.2, 0.25) is 0 Å². The third-order valence-corrected chi connectivity index (χ3v) is 9.30. The van der Waals surface area contributed by atoms with E-state index in [0.717, 1.165) is 34.5 Å². The number of para-hydroxylation sites is 2. The molecule has 1 aliphatic heterocycles. The maximum absolute atomic E-state index is 14.4. The number of halogens is 1. The Morgan fingerprint density at radius 2 is 1.82 bits per heavy atom. The molecule has 226 valence electrons. The number of methoxy groups -OCH3 is 1. The van der Waals surface area contributed by atoms with Crippen LogP contribution in [0.3, 0.4) is 0 Å². The molecule has 0 spiro atoms. The third kappa shape index (κ3) is 5.29. The minimum absolute atomic E-state index is 0.167. The Morgan fingerprint density at radius 1 is 1.02 bits per heavy atom. The molecule has 1 aliphatic carbocycles. The summed E-state index contributed by atoms with van der Waals surface area (Å²) >= 11 is 1.32. The summed E-state index contributed by atoms with van der Waals surface area (Å²) in [5.74, 6) is -0.888. The van der Waals surface area contributed by atoms with Crippen molar-refractivity contribution in [1.82, 2.24) is 14.8 Å². The third-order valence-electron chi connectivity index (χ3n) is 8.10. The molecule has 0 bridgehead atoms. The minimum atomic E-state index is -0.591. The lowest BCUT2D eigenvalue weighted by atomic mass is 10.1. The highest BCUT2D eigenvalue weighted by Gasteiger charge is 2.32. The number of nitrogens with one attached hydrogen (secondary N) is 1. The molecule has 7 rings (SSSR count). The predicted molar refractivity (Wildman–Crippen MR) is 169 cm³/mol. The van der Waals surface area contributed by atoms with E-state index in [1.165, 1.54) is 29.2 Å². The fourth-order valence-electron chi connectivity index (χ4n) is 5.66. The van der Waals surface area contributed by atoms with Crippen LogP contribution in [0, 0.1) is 12.7 Å². The predicted octanol–water partition coefficient (Wildman–Crippen LogP) is 7.07. The fourth-order valence-corrected chi connectivity index (χ4v) is 6.80. The summed E-state index contributed by atoms with van der Waals surface area (Å²) in [4.78, 5) is 47.3. The van der Waals surface area contributed by atoms with Gasteiger partial charge in [-0.05, 0) is 67.6 Å². The molecule has 2 aromatic carbocycles. The zero-order valence-corrected chi connectivity index (χ0v) is 25.4. The van der Waals surface area contributed by atoms with Gasteiger partial charge in [-0.3, -0.25) is 9.59 Å². The number of carbonyl (C=O) groups is 3. The molecule has 3 aromatic heterocycles. The van der Waals surface area contributed by atoms with Crippen molar-refractivity contribution in [3.05, 3.63) is 106 Å². The van der Waals surface area contributed by atoms with Crippen molar-refractivity contribution in [1.29, 1.82) is 0 Å². The number of pyridine rings is 1. The normalized spacial score (nSPS) is 13.9. The van der Waals surface area contributed by atoms with E-state index in [2.05, 4.69) is 10.4 Å². The topological polar surface area (TPSA) is 106 Å². The Labute approximate surface area is 262 Å². The SMILES string of the molecule is COC(=O)n1cc(-c2cccc(C(=O)N3CCc4cc(C(=O)Nc5c(C)cccc5F)sc4-c4ccccc43)n2)c(C2CC2)n1. The van der Waals surface area contributed by atoms with E-state index in [0.29, 0.717) is 40.4 Å². The number of aromatic nitrogens is 3. The van der Waals surface area contributed by atoms with Gasteiger partial charge in [-0.1, -0.05) is 36.4 Å². The van der Waals surface area contributed by atoms with Gasteiger partial charge in [-0.2, -0.15) is 9.78 Å². The van der Waals surface area contributed by atoms with Gasteiger partial charge in [-0.15, -0.1) is 11.3 Å². The van der Waals surface area contributed by atoms with Crippen LogP contribution >= 0.6 is 11.3 Å². The number of ether oxygens (including phenoxy) is 1. The van der Waals surface area contributed by atoms with E-state index in [4.69, 9.17) is 9.72 Å². The Bertz CT molecular complexity index is 1980. The highest BCUT2D eigenvalue weighted by molar-refractivity contribution is 7.17. The van der Waals surface area contributed by atoms with E-state index >= 15 is 0 Å². The van der Waals surface area contributed by atoms with E-state index < -0.39 is 11.9 Å². The van der Waals surface area contributed by atoms with Crippen molar-refractivity contribution in [2.45, 2.75) is 32.1 Å². The van der Waals surface area contributed by atoms with Crippen LogP contribution in [0.5, 0.6) is 0 Å². The Kier molecular flexibility index (Phi) is 7.25. The molecule has 45 heavy (non-hydrogen) atoms. The van der Waals surface area contributed by atoms with Gasteiger partial charge in [0.1, 0.15) is 11.5 Å². The average Bonchev–Trinajstić information content (AvgIpc) is 3.70. The molecule has 2 aliphatic rings. The summed E-state index contributed by atoms with van der Waals surface area (Å²) in [6.45, 7) is 2.11. The van der Waals surface area contributed by atoms with Crippen LogP contribution in [-0.2, 0) is 11.2 Å². The first-order valence-electron chi connectivity index (χ1n) is 14.6. The van der Waals surface area contributed by atoms with Crippen LogP contribution in [0.15, 0.2) is 72.9 Å². The van der Waals surface area contributed by atoms with Gasteiger partial charge in [0.05, 0.1) is 34.7 Å². The number of aryl methyl sites for hydroxylation is 1. The van der Waals surface area contributed by atoms with E-state index in [1.807, 2.05) is 36.4 Å². The monoisotopic (exact) mass is 621 g/mol. The van der Waals surface area contributed by atoms with Gasteiger partial charge >= 0.3 is 6.09 Å². The van der Waals surface area contributed by atoms with Crippen molar-refractivity contribution in [2.24, 2.45) is 0 Å². The summed E-state index contributed by atoms with van der Waals surface area (Å²) in [6.07, 6.45) is 3.48. The number of carbonyl (C=O) groups excluding carboxylic acids is 3. The Morgan fingerprint density at radius 3 is 2.60 bits per heavy atom. The molecule has 4 heterocycles. The second-order valence-electron chi connectivity index (χ2n) is 11.1. The number of hydrogen-bond donors (Lipinski definition) is 1. The summed E-state index contributed by atoms with van der Waals surface area (Å²) in [5.41, 5.74) is 5.57. The first-order valence-corrected chi connectivity index (χ1v) is 15.4. The van der Waals surface area contributed by atoms with Gasteiger partial charge in [0, 0.05) is 34.7 Å². The van der Waals surface area contributed by atoms with Crippen molar-refractivity contribution < 1.29 is 23.5 Å². The summed E-state index contributed by atoms with van der Waals surface area (Å²) in [6, 6.07) is 19.4. The maximum atomic E-state index is 14.4. The number of rotatable bonds is 5. The minimum Gasteiger partial charge on any atom is -0.451 e. The number of anilines is 2. The second kappa shape index (κ2) is 11.4. The number of nitrogens with zero attached hydrogens (tertiary/aromatic N) is 4. The fraction of sp³-hybridized carbons (Fsp3) is 0.206. The van der Waals surface area contributed by atoms with Gasteiger partial charge in [0.2, 0.25) is 0 Å². The molecule has 0 radical (unpaired) electrons. The molecular formula is C34H28FN5O4S. The quantitative estimate of drug-likeness (QED) is 0.225. The smallest absolute Gasteiger partial charge is 0.434 e. The van der Waals surface area contributed by atoms with Crippen LogP contribution in [0.1, 0.15) is 55.7 Å².